The SMILES string of the molecule is C=CC1CCC(C)CC1.CCS(=O)(=O)c1ccc([C@@H](N)CO)cc1.CC[C@@H]1CCc2cc(C(=O)N[C@@H](CO)c3ccc(S(=O)(=O)CC)cc3)cnc21.CC[C@@H]1CCc2cc(C(=O)O)cnc21.CC[C@@H]1NCc2cc(C(=O)N[C@@H](CO)c3ccc(S(=O)(=O)CC)cc3)cnc21.CC[C@H]1c2ncc(C(=O)N[C@@H](CO)c3ccc(S(=O)(=O)CC)cc3)cc2CN1CC1CCC(C)CC1.Cl. The second kappa shape index (κ2) is 50.3. The number of carboxylic acids is 1. The predicted octanol–water partition coefficient (Wildman–Crippen LogP) is 15.2. The molecule has 4 aromatic heterocycles. The number of sulfone groups is 4. The first-order valence-electron chi connectivity index (χ1n) is 45.8. The molecule has 0 unspecified atom stereocenters. The summed E-state index contributed by atoms with van der Waals surface area (Å²) < 4.78 is 94.8. The quantitative estimate of drug-likeness (QED) is 0.0187. The van der Waals surface area contributed by atoms with E-state index in [1.165, 1.54) is 106 Å². The molecule has 2 saturated carbocycles. The Morgan fingerprint density at radius 2 is 0.794 bits per heavy atom. The first-order chi connectivity index (χ1) is 62.1. The Hall–Kier alpha value is -9.09. The Labute approximate surface area is 781 Å². The molecule has 2 fully saturated rings. The van der Waals surface area contributed by atoms with Crippen LogP contribution in [-0.4, -0.2) is 164 Å². The molecule has 6 heterocycles. The van der Waals surface area contributed by atoms with E-state index in [1.54, 1.807) is 101 Å². The molecule has 8 aromatic rings. The lowest BCUT2D eigenvalue weighted by molar-refractivity contribution is 0.0695. The first kappa shape index (κ1) is 107. The summed E-state index contributed by atoms with van der Waals surface area (Å²) >= 11 is 0. The number of aliphatic hydroxyl groups excluding tert-OH is 4. The molecule has 27 nitrogen and oxygen atoms in total. The summed E-state index contributed by atoms with van der Waals surface area (Å²) in [5, 5.41) is 58.8. The van der Waals surface area contributed by atoms with Gasteiger partial charge in [-0.25, -0.2) is 38.5 Å². The van der Waals surface area contributed by atoms with Crippen molar-refractivity contribution in [3.05, 3.63) is 248 Å². The fourth-order valence-corrected chi connectivity index (χ4v) is 20.9. The number of amides is 3. The number of aromatic carboxylic acids is 1. The predicted molar refractivity (Wildman–Crippen MR) is 512 cm³/mol. The standard InChI is InChI=1S/C28H39N3O4S.C21H26N2O4S.C20H25N3O4S.C11H13NO2.C10H15NO3S.C9H16.ClH/c1-4-26-27-23(17-31(26)16-20-8-6-19(3)7-9-20)14-22(15-29-27)28(33)30-25(18-32)21-10-12-24(13-11-21)36(34,35)5-2;1-3-14-5-6-16-11-17(12-22-20(14)16)21(25)23-19(13-24)15-7-9-18(10-8-15)28(26,27)4-2;1-3-17-19-14(10-21-17)9-15(11-22-19)20(25)23-18(12-24)13-5-7-16(8-6-13)28(26,27)4-2;1-2-7-3-4-8-5-9(11(13)14)6-12-10(7)8;1-2-15(13,14)9-5-3-8(4-6-9)10(11)7-12;1-3-9-6-4-8(2)5-7-9;/h10-15,19-20,25-26,32H,4-9,16-18H2,1-3H3,(H,30,33);7-12,14,19,24H,3-6,13H2,1-2H3,(H,23,25);5-9,11,17-18,21,24H,3-4,10,12H2,1-2H3,(H,23,25);5-7H,2-4H2,1H3,(H,13,14);3-6,10,12H,2,7,11H2,1H3;3,8-9H,1,4-7H2,2H3;1H/t19?,20?,25-,26-;14-,19+;17-,18-;7-;10-;;/m01010../s1. The zero-order valence-corrected chi connectivity index (χ0v) is 81.2. The van der Waals surface area contributed by atoms with Gasteiger partial charge in [0, 0.05) is 73.7 Å². The smallest absolute Gasteiger partial charge is 0.337 e. The lowest BCUT2D eigenvalue weighted by Gasteiger charge is -2.32. The molecule has 4 aromatic carbocycles. The molecule has 131 heavy (non-hydrogen) atoms. The Morgan fingerprint density at radius 3 is 1.14 bits per heavy atom. The average Bonchev–Trinajstić information content (AvgIpc) is 1.64. The number of aliphatic hydroxyl groups is 4. The number of nitrogens with two attached hydrogens (primary N) is 1. The molecule has 6 aliphatic rings. The molecule has 714 valence electrons. The fourth-order valence-electron chi connectivity index (χ4n) is 17.3. The number of pyridine rings is 4. The van der Waals surface area contributed by atoms with E-state index in [2.05, 4.69) is 95.3 Å². The van der Waals surface area contributed by atoms with Crippen LogP contribution in [0.5, 0.6) is 0 Å². The van der Waals surface area contributed by atoms with E-state index in [4.69, 9.17) is 20.9 Å². The van der Waals surface area contributed by atoms with Crippen LogP contribution in [0.4, 0.5) is 0 Å². The molecule has 0 radical (unpaired) electrons. The number of hydrogen-bond acceptors (Lipinski definition) is 23. The van der Waals surface area contributed by atoms with Crippen LogP contribution in [0.25, 0.3) is 0 Å². The summed E-state index contributed by atoms with van der Waals surface area (Å²) in [5.74, 6) is 2.70. The van der Waals surface area contributed by atoms with Gasteiger partial charge in [0.2, 0.25) is 0 Å². The summed E-state index contributed by atoms with van der Waals surface area (Å²) in [7, 11) is -13.0. The molecule has 11 N–H and O–H groups in total. The number of benzene rings is 4. The topological polar surface area (TPSA) is 435 Å². The van der Waals surface area contributed by atoms with Crippen molar-refractivity contribution < 1.29 is 78.4 Å². The van der Waals surface area contributed by atoms with Crippen molar-refractivity contribution in [3.63, 3.8) is 0 Å². The summed E-state index contributed by atoms with van der Waals surface area (Å²) in [4.78, 5) is 70.5. The van der Waals surface area contributed by atoms with Crippen LogP contribution in [0.2, 0.25) is 0 Å². The van der Waals surface area contributed by atoms with Crippen molar-refractivity contribution in [2.45, 2.75) is 253 Å². The van der Waals surface area contributed by atoms with Crippen LogP contribution in [0.1, 0.15) is 316 Å². The molecule has 8 atom stereocenters. The van der Waals surface area contributed by atoms with Gasteiger partial charge in [-0.15, -0.1) is 19.0 Å². The van der Waals surface area contributed by atoms with E-state index in [1.807, 2.05) is 18.2 Å². The molecular weight excluding hydrogens is 1760 g/mol. The molecule has 32 heteroatoms. The average molecular weight is 1900 g/mol. The number of hydrogen-bond donors (Lipinski definition) is 10. The molecule has 2 aliphatic heterocycles. The lowest BCUT2D eigenvalue weighted by Crippen LogP contribution is -2.31. The number of halogens is 1. The van der Waals surface area contributed by atoms with Crippen molar-refractivity contribution >= 4 is 75.4 Å². The monoisotopic (exact) mass is 1900 g/mol. The minimum absolute atomic E-state index is 0. The van der Waals surface area contributed by atoms with E-state index in [0.717, 1.165) is 139 Å². The normalized spacial score (nSPS) is 19.9. The van der Waals surface area contributed by atoms with E-state index in [9.17, 15) is 68.2 Å². The third-order valence-corrected chi connectivity index (χ3v) is 32.9. The van der Waals surface area contributed by atoms with E-state index < -0.39 is 69.5 Å². The van der Waals surface area contributed by atoms with Crippen LogP contribution in [0.3, 0.4) is 0 Å². The highest BCUT2D eigenvalue weighted by molar-refractivity contribution is 7.92. The van der Waals surface area contributed by atoms with Crippen molar-refractivity contribution in [2.75, 3.05) is 56.0 Å². The van der Waals surface area contributed by atoms with E-state index in [0.29, 0.717) is 68.3 Å². The molecule has 0 bridgehead atoms. The number of carbonyl (C=O) groups excluding carboxylic acids is 3. The Morgan fingerprint density at radius 1 is 0.450 bits per heavy atom. The van der Waals surface area contributed by atoms with Gasteiger partial charge < -0.3 is 52.5 Å². The number of aromatic nitrogens is 4. The Kier molecular flexibility index (Phi) is 41.2. The van der Waals surface area contributed by atoms with Crippen LogP contribution in [0.15, 0.2) is 178 Å². The highest BCUT2D eigenvalue weighted by Crippen LogP contribution is 2.40. The van der Waals surface area contributed by atoms with Crippen molar-refractivity contribution in [1.82, 2.24) is 46.1 Å². The minimum atomic E-state index is -3.30. The number of aryl methyl sites for hydroxylation is 2. The summed E-state index contributed by atoms with van der Waals surface area (Å²) in [6.45, 7) is 25.0. The highest BCUT2D eigenvalue weighted by Gasteiger charge is 2.35. The van der Waals surface area contributed by atoms with Gasteiger partial charge in [0.15, 0.2) is 39.3 Å². The molecular formula is C99H135ClN10O17S4. The van der Waals surface area contributed by atoms with E-state index >= 15 is 0 Å². The lowest BCUT2D eigenvalue weighted by atomic mass is 9.82. The third kappa shape index (κ3) is 28.7. The van der Waals surface area contributed by atoms with Gasteiger partial charge in [-0.3, -0.25) is 39.2 Å². The summed E-state index contributed by atoms with van der Waals surface area (Å²) in [6.07, 6.45) is 27.3. The fraction of sp³-hybridized carbons (Fsp3) is 0.495. The summed E-state index contributed by atoms with van der Waals surface area (Å²) in [5.41, 5.74) is 18.5. The van der Waals surface area contributed by atoms with Gasteiger partial charge in [-0.2, -0.15) is 0 Å². The number of nitrogens with zero attached hydrogens (tertiary/aromatic N) is 5. The third-order valence-electron chi connectivity index (χ3n) is 25.9. The number of carbonyl (C=O) groups is 4. The molecule has 14 rings (SSSR count). The number of nitrogens with one attached hydrogen (secondary N) is 4. The van der Waals surface area contributed by atoms with Gasteiger partial charge >= 0.3 is 5.97 Å². The van der Waals surface area contributed by atoms with Gasteiger partial charge in [0.05, 0.1) is 133 Å². The number of allylic oxidation sites excluding steroid dienone is 1. The van der Waals surface area contributed by atoms with Crippen LogP contribution < -0.4 is 27.0 Å². The second-order valence-corrected chi connectivity index (χ2v) is 43.7. The van der Waals surface area contributed by atoms with Crippen LogP contribution in [-0.2, 0) is 65.3 Å². The first-order valence-corrected chi connectivity index (χ1v) is 52.4. The van der Waals surface area contributed by atoms with Gasteiger partial charge in [-0.1, -0.05) is 150 Å². The molecule has 3 amide bonds. The molecule has 0 spiro atoms. The maximum atomic E-state index is 13.1. The molecule has 4 aliphatic carbocycles. The van der Waals surface area contributed by atoms with Crippen LogP contribution in [0, 0.1) is 23.7 Å². The Balaban J connectivity index is 0.000000203. The number of carboxylic acid groups (broad SMARTS) is 1. The van der Waals surface area contributed by atoms with Crippen molar-refractivity contribution in [2.24, 2.45) is 29.4 Å². The maximum absolute atomic E-state index is 13.1. The minimum Gasteiger partial charge on any atom is -0.478 e. The second-order valence-electron chi connectivity index (χ2n) is 34.5. The molecule has 0 saturated heterocycles. The number of rotatable bonds is 30. The van der Waals surface area contributed by atoms with Gasteiger partial charge in [0.25, 0.3) is 17.7 Å². The van der Waals surface area contributed by atoms with Crippen LogP contribution >= 0.6 is 12.4 Å². The zero-order valence-electron chi connectivity index (χ0n) is 77.2. The largest absolute Gasteiger partial charge is 0.478 e. The maximum Gasteiger partial charge on any atom is 0.337 e. The van der Waals surface area contributed by atoms with Crippen molar-refractivity contribution in [1.29, 1.82) is 0 Å². The van der Waals surface area contributed by atoms with E-state index in [-0.39, 0.29) is 100 Å². The Bertz CT molecular complexity index is 5430. The highest BCUT2D eigenvalue weighted by atomic mass is 35.5. The number of fused-ring (bicyclic) bond motifs is 4. The van der Waals surface area contributed by atoms with Gasteiger partial charge in [-0.05, 0) is 218 Å². The van der Waals surface area contributed by atoms with Gasteiger partial charge in [0.1, 0.15) is 0 Å². The van der Waals surface area contributed by atoms with Crippen molar-refractivity contribution in [3.8, 4) is 0 Å². The summed E-state index contributed by atoms with van der Waals surface area (Å²) in [6, 6.07) is 30.6. The zero-order chi connectivity index (χ0) is 94.8.